The van der Waals surface area contributed by atoms with Gasteiger partial charge in [-0.15, -0.1) is 0 Å². The van der Waals surface area contributed by atoms with Gasteiger partial charge in [0, 0.05) is 14.6 Å². The number of rotatable bonds is 2. The van der Waals surface area contributed by atoms with Crippen LogP contribution in [-0.2, 0) is 0 Å². The molecule has 1 aliphatic rings. The van der Waals surface area contributed by atoms with Crippen LogP contribution in [0.5, 0.6) is 0 Å². The van der Waals surface area contributed by atoms with Gasteiger partial charge in [-0.3, -0.25) is 4.99 Å². The summed E-state index contributed by atoms with van der Waals surface area (Å²) in [7, 11) is 0. The highest BCUT2D eigenvalue weighted by Gasteiger charge is 2.30. The summed E-state index contributed by atoms with van der Waals surface area (Å²) in [5, 5.41) is 0. The molecule has 2 N–H and O–H groups in total. The van der Waals surface area contributed by atoms with E-state index in [1.165, 1.54) is 12.1 Å². The SMILES string of the molecule is NC1=NCC(c2ccc(F)cc2Br)N1c1cccc(Br)c1. The molecule has 108 valence electrons. The summed E-state index contributed by atoms with van der Waals surface area (Å²) in [5.74, 6) is 0.195. The van der Waals surface area contributed by atoms with Gasteiger partial charge in [-0.05, 0) is 35.9 Å². The molecule has 0 spiro atoms. The van der Waals surface area contributed by atoms with Crippen molar-refractivity contribution in [2.45, 2.75) is 6.04 Å². The number of anilines is 1. The maximum absolute atomic E-state index is 13.3. The minimum atomic E-state index is -0.272. The first-order valence-corrected chi connectivity index (χ1v) is 7.94. The second-order valence-electron chi connectivity index (χ2n) is 4.73. The zero-order valence-electron chi connectivity index (χ0n) is 10.9. The first-order valence-electron chi connectivity index (χ1n) is 6.36. The predicted molar refractivity (Wildman–Crippen MR) is 90.0 cm³/mol. The number of nitrogens with two attached hydrogens (primary N) is 1. The van der Waals surface area contributed by atoms with E-state index < -0.39 is 0 Å². The lowest BCUT2D eigenvalue weighted by molar-refractivity contribution is 0.624. The van der Waals surface area contributed by atoms with Crippen molar-refractivity contribution >= 4 is 43.5 Å². The molecule has 3 nitrogen and oxygen atoms in total. The van der Waals surface area contributed by atoms with E-state index in [-0.39, 0.29) is 11.9 Å². The smallest absolute Gasteiger partial charge is 0.196 e. The van der Waals surface area contributed by atoms with E-state index in [0.717, 1.165) is 20.2 Å². The highest BCUT2D eigenvalue weighted by atomic mass is 79.9. The van der Waals surface area contributed by atoms with Gasteiger partial charge in [0.25, 0.3) is 0 Å². The van der Waals surface area contributed by atoms with Crippen LogP contribution in [0.2, 0.25) is 0 Å². The summed E-state index contributed by atoms with van der Waals surface area (Å²) in [5.41, 5.74) is 7.95. The van der Waals surface area contributed by atoms with Gasteiger partial charge in [-0.2, -0.15) is 0 Å². The van der Waals surface area contributed by atoms with Crippen molar-refractivity contribution in [3.8, 4) is 0 Å². The molecular formula is C15H12Br2FN3. The van der Waals surface area contributed by atoms with Crippen LogP contribution in [0.4, 0.5) is 10.1 Å². The Kier molecular flexibility index (Phi) is 3.99. The number of aliphatic imine (C=N–C) groups is 1. The van der Waals surface area contributed by atoms with Gasteiger partial charge in [-0.25, -0.2) is 4.39 Å². The lowest BCUT2D eigenvalue weighted by Gasteiger charge is -2.27. The van der Waals surface area contributed by atoms with Crippen LogP contribution >= 0.6 is 31.9 Å². The Morgan fingerprint density at radius 3 is 2.71 bits per heavy atom. The average Bonchev–Trinajstić information content (AvgIpc) is 2.80. The van der Waals surface area contributed by atoms with E-state index in [1.807, 2.05) is 29.2 Å². The molecule has 2 aromatic rings. The van der Waals surface area contributed by atoms with Crippen LogP contribution in [0, 0.1) is 5.82 Å². The lowest BCUT2D eigenvalue weighted by Crippen LogP contribution is -2.36. The molecule has 0 fully saturated rings. The van der Waals surface area contributed by atoms with Crippen LogP contribution in [-0.4, -0.2) is 12.5 Å². The molecule has 1 unspecified atom stereocenters. The summed E-state index contributed by atoms with van der Waals surface area (Å²) >= 11 is 6.89. The second kappa shape index (κ2) is 5.77. The quantitative estimate of drug-likeness (QED) is 0.801. The van der Waals surface area contributed by atoms with Gasteiger partial charge in [0.2, 0.25) is 0 Å². The molecule has 3 rings (SSSR count). The van der Waals surface area contributed by atoms with Crippen molar-refractivity contribution in [3.63, 3.8) is 0 Å². The molecule has 0 amide bonds. The van der Waals surface area contributed by atoms with Gasteiger partial charge < -0.3 is 10.6 Å². The maximum Gasteiger partial charge on any atom is 0.196 e. The van der Waals surface area contributed by atoms with E-state index in [2.05, 4.69) is 36.9 Å². The number of nitrogens with zero attached hydrogens (tertiary/aromatic N) is 2. The molecular weight excluding hydrogens is 401 g/mol. The minimum Gasteiger partial charge on any atom is -0.369 e. The summed E-state index contributed by atoms with van der Waals surface area (Å²) < 4.78 is 15.0. The van der Waals surface area contributed by atoms with E-state index in [0.29, 0.717) is 12.5 Å². The standard InChI is InChI=1S/C15H12Br2FN3/c16-9-2-1-3-11(6-9)21-14(8-20-15(21)19)12-5-4-10(18)7-13(12)17/h1-7,14H,8H2,(H2,19,20). The van der Waals surface area contributed by atoms with Crippen molar-refractivity contribution in [1.82, 2.24) is 0 Å². The number of halogens is 3. The molecule has 1 atom stereocenters. The Balaban J connectivity index is 2.03. The molecule has 1 aliphatic heterocycles. The van der Waals surface area contributed by atoms with Crippen molar-refractivity contribution in [2.24, 2.45) is 10.7 Å². The Morgan fingerprint density at radius 1 is 1.19 bits per heavy atom. The van der Waals surface area contributed by atoms with Crippen LogP contribution < -0.4 is 10.6 Å². The molecule has 0 saturated heterocycles. The van der Waals surface area contributed by atoms with Gasteiger partial charge in [0.15, 0.2) is 5.96 Å². The first-order chi connectivity index (χ1) is 10.1. The molecule has 0 aromatic heterocycles. The number of benzene rings is 2. The Labute approximate surface area is 138 Å². The molecule has 0 saturated carbocycles. The third-order valence-corrected chi connectivity index (χ3v) is 4.57. The van der Waals surface area contributed by atoms with Crippen LogP contribution in [0.1, 0.15) is 11.6 Å². The van der Waals surface area contributed by atoms with Gasteiger partial charge >= 0.3 is 0 Å². The van der Waals surface area contributed by atoms with Crippen LogP contribution in [0.3, 0.4) is 0 Å². The highest BCUT2D eigenvalue weighted by molar-refractivity contribution is 9.10. The Hall–Kier alpha value is -1.40. The summed E-state index contributed by atoms with van der Waals surface area (Å²) in [6.45, 7) is 0.544. The van der Waals surface area contributed by atoms with Crippen molar-refractivity contribution in [3.05, 3.63) is 62.8 Å². The molecule has 0 bridgehead atoms. The maximum atomic E-state index is 13.3. The fraction of sp³-hybridized carbons (Fsp3) is 0.133. The monoisotopic (exact) mass is 411 g/mol. The third kappa shape index (κ3) is 2.82. The largest absolute Gasteiger partial charge is 0.369 e. The van der Waals surface area contributed by atoms with Crippen molar-refractivity contribution in [2.75, 3.05) is 11.4 Å². The first kappa shape index (κ1) is 14.5. The Morgan fingerprint density at radius 2 is 2.00 bits per heavy atom. The van der Waals surface area contributed by atoms with E-state index in [4.69, 9.17) is 5.73 Å². The summed E-state index contributed by atoms with van der Waals surface area (Å²) in [6, 6.07) is 12.5. The zero-order chi connectivity index (χ0) is 15.0. The van der Waals surface area contributed by atoms with E-state index >= 15 is 0 Å². The van der Waals surface area contributed by atoms with E-state index in [1.54, 1.807) is 6.07 Å². The van der Waals surface area contributed by atoms with Crippen molar-refractivity contribution in [1.29, 1.82) is 0 Å². The highest BCUT2D eigenvalue weighted by Crippen LogP contribution is 2.35. The molecule has 0 radical (unpaired) electrons. The summed E-state index contributed by atoms with van der Waals surface area (Å²) in [4.78, 5) is 6.30. The second-order valence-corrected chi connectivity index (χ2v) is 6.50. The molecule has 2 aromatic carbocycles. The average molecular weight is 413 g/mol. The summed E-state index contributed by atoms with van der Waals surface area (Å²) in [6.07, 6.45) is 0. The van der Waals surface area contributed by atoms with Crippen LogP contribution in [0.25, 0.3) is 0 Å². The lowest BCUT2D eigenvalue weighted by atomic mass is 10.1. The van der Waals surface area contributed by atoms with Crippen LogP contribution in [0.15, 0.2) is 56.4 Å². The van der Waals surface area contributed by atoms with Gasteiger partial charge in [0.05, 0.1) is 12.6 Å². The normalized spacial score (nSPS) is 18.0. The molecule has 21 heavy (non-hydrogen) atoms. The third-order valence-electron chi connectivity index (χ3n) is 3.39. The topological polar surface area (TPSA) is 41.6 Å². The fourth-order valence-electron chi connectivity index (χ4n) is 2.44. The fourth-order valence-corrected chi connectivity index (χ4v) is 3.45. The number of hydrogen-bond acceptors (Lipinski definition) is 3. The van der Waals surface area contributed by atoms with Crippen molar-refractivity contribution < 1.29 is 4.39 Å². The van der Waals surface area contributed by atoms with Gasteiger partial charge in [-0.1, -0.05) is 44.0 Å². The molecule has 1 heterocycles. The minimum absolute atomic E-state index is 0.0470. The van der Waals surface area contributed by atoms with Gasteiger partial charge in [0.1, 0.15) is 5.82 Å². The Bertz CT molecular complexity index is 718. The molecule has 0 aliphatic carbocycles. The number of guanidine groups is 1. The number of hydrogen-bond donors (Lipinski definition) is 1. The molecule has 6 heteroatoms. The van der Waals surface area contributed by atoms with E-state index in [9.17, 15) is 4.39 Å². The zero-order valence-corrected chi connectivity index (χ0v) is 14.1. The predicted octanol–water partition coefficient (Wildman–Crippen LogP) is 4.23.